The van der Waals surface area contributed by atoms with Crippen LogP contribution in [0.5, 0.6) is 0 Å². The first-order chi connectivity index (χ1) is 30.7. The number of aliphatic hydroxyl groups excluding tert-OH is 2. The smallest absolute Gasteiger partial charge is 0.329 e. The largest absolute Gasteiger partial charge is 0.460 e. The molecule has 14 heteroatoms. The van der Waals surface area contributed by atoms with Crippen molar-refractivity contribution in [2.75, 3.05) is 27.9 Å². The van der Waals surface area contributed by atoms with Crippen LogP contribution in [0.15, 0.2) is 47.6 Å². The van der Waals surface area contributed by atoms with Crippen molar-refractivity contribution in [1.82, 2.24) is 4.90 Å². The predicted octanol–water partition coefficient (Wildman–Crippen LogP) is 6.18. The van der Waals surface area contributed by atoms with E-state index in [0.29, 0.717) is 63.4 Å². The lowest BCUT2D eigenvalue weighted by atomic mass is 9.78. The summed E-state index contributed by atoms with van der Waals surface area (Å²) in [5.41, 5.74) is 1.27. The van der Waals surface area contributed by atoms with Gasteiger partial charge in [-0.25, -0.2) is 4.79 Å². The third kappa shape index (κ3) is 14.3. The molecule has 2 saturated heterocycles. The van der Waals surface area contributed by atoms with Gasteiger partial charge in [-0.3, -0.25) is 19.2 Å². The third-order valence-electron chi connectivity index (χ3n) is 14.5. The molecule has 3 N–H and O–H groups in total. The van der Waals surface area contributed by atoms with Gasteiger partial charge >= 0.3 is 5.97 Å². The number of amides is 1. The van der Waals surface area contributed by atoms with Gasteiger partial charge in [-0.05, 0) is 107 Å². The van der Waals surface area contributed by atoms with E-state index in [1.807, 2.05) is 58.1 Å². The van der Waals surface area contributed by atoms with E-state index < -0.39 is 83.9 Å². The molecule has 0 unspecified atom stereocenters. The number of Topliss-reactive ketones (excluding diaryl/α,β-unsaturated/α-hetero) is 3. The number of carbonyl (C=O) groups is 5. The molecule has 4 rings (SSSR count). The second kappa shape index (κ2) is 25.1. The molecule has 3 heterocycles. The highest BCUT2D eigenvalue weighted by molar-refractivity contribution is 6.39. The number of ketones is 3. The predicted molar refractivity (Wildman–Crippen MR) is 245 cm³/mol. The number of esters is 1. The molecule has 15 atom stereocenters. The number of piperidine rings is 1. The summed E-state index contributed by atoms with van der Waals surface area (Å²) >= 11 is 0. The van der Waals surface area contributed by atoms with Crippen molar-refractivity contribution in [3.63, 3.8) is 0 Å². The number of cyclic esters (lactones) is 1. The Morgan fingerprint density at radius 1 is 0.846 bits per heavy atom. The first kappa shape index (κ1) is 54.2. The molecule has 0 spiro atoms. The Kier molecular flexibility index (Phi) is 21.0. The number of allylic oxidation sites excluding steroid dienone is 6. The highest BCUT2D eigenvalue weighted by atomic mass is 16.6. The minimum Gasteiger partial charge on any atom is -0.460 e. The molecule has 4 aliphatic rings. The quantitative estimate of drug-likeness (QED) is 0.156. The number of hydrogen-bond donors (Lipinski definition) is 3. The Morgan fingerprint density at radius 2 is 1.57 bits per heavy atom. The lowest BCUT2D eigenvalue weighted by molar-refractivity contribution is -0.265. The number of carbonyl (C=O) groups excluding carboxylic acids is 5. The van der Waals surface area contributed by atoms with E-state index >= 15 is 0 Å². The Balaban J connectivity index is 1.70. The van der Waals surface area contributed by atoms with Crippen LogP contribution >= 0.6 is 0 Å². The molecule has 3 aliphatic heterocycles. The standard InChI is InChI=1S/C51H79NO13/c1-30-16-12-11-13-17-31(2)42(61-8)28-38-21-19-36(7)51(60,65-38)48(57)49(58)52-23-15-14-18-39(52)50(59)64-43(33(4)26-37-20-22-40(53)44(27-37)62-9)29-41(54)32(3)25-35(6)46(56)47(63-10)45(55)34(5)24-30/h11-13,16-17,25,30,32-34,36-40,42-44,46-47,53,56,60H,14-15,18-24,26-29H2,1-10H3/b13-11?,16-12-,31-17?,35-25+/t30-,32-,33-,34-,36-,37-,38+,39+,40-,42+,43+,44-,46-,47+,51-/m1/s1. The topological polar surface area (TPSA) is 195 Å². The molecule has 2 bridgehead atoms. The van der Waals surface area contributed by atoms with Gasteiger partial charge in [-0.2, -0.15) is 0 Å². The van der Waals surface area contributed by atoms with Crippen molar-refractivity contribution < 1.29 is 63.0 Å². The van der Waals surface area contributed by atoms with Gasteiger partial charge in [-0.15, -0.1) is 0 Å². The van der Waals surface area contributed by atoms with Crippen molar-refractivity contribution in [2.24, 2.45) is 35.5 Å². The van der Waals surface area contributed by atoms with Crippen molar-refractivity contribution in [3.8, 4) is 0 Å². The molecule has 1 aliphatic carbocycles. The number of ether oxygens (including phenoxy) is 5. The van der Waals surface area contributed by atoms with E-state index in [2.05, 4.69) is 0 Å². The molecule has 1 amide bonds. The normalized spacial score (nSPS) is 39.1. The van der Waals surface area contributed by atoms with E-state index in [9.17, 15) is 39.3 Å². The van der Waals surface area contributed by atoms with Crippen LogP contribution in [0.3, 0.4) is 0 Å². The highest BCUT2D eigenvalue weighted by Crippen LogP contribution is 2.38. The Hall–Kier alpha value is -3.37. The Labute approximate surface area is 387 Å². The monoisotopic (exact) mass is 914 g/mol. The van der Waals surface area contributed by atoms with Gasteiger partial charge < -0.3 is 43.9 Å². The zero-order valence-electron chi connectivity index (χ0n) is 40.6. The van der Waals surface area contributed by atoms with Gasteiger partial charge in [0.25, 0.3) is 11.7 Å². The number of nitrogens with zero attached hydrogens (tertiary/aromatic N) is 1. The van der Waals surface area contributed by atoms with Crippen LogP contribution in [-0.4, -0.2) is 132 Å². The molecular formula is C51H79NO13. The lowest BCUT2D eigenvalue weighted by Crippen LogP contribution is -2.61. The van der Waals surface area contributed by atoms with Crippen LogP contribution < -0.4 is 0 Å². The van der Waals surface area contributed by atoms with E-state index in [0.717, 1.165) is 12.0 Å². The fourth-order valence-electron chi connectivity index (χ4n) is 10.1. The van der Waals surface area contributed by atoms with Crippen LogP contribution in [0, 0.1) is 35.5 Å². The Bertz CT molecular complexity index is 1760. The highest BCUT2D eigenvalue weighted by Gasteiger charge is 2.53. The van der Waals surface area contributed by atoms with Gasteiger partial charge in [0, 0.05) is 58.5 Å². The van der Waals surface area contributed by atoms with Crippen molar-refractivity contribution in [2.45, 2.75) is 180 Å². The maximum Gasteiger partial charge on any atom is 0.329 e. The zero-order chi connectivity index (χ0) is 48.2. The summed E-state index contributed by atoms with van der Waals surface area (Å²) in [6, 6.07) is -1.14. The van der Waals surface area contributed by atoms with Gasteiger partial charge in [-0.1, -0.05) is 71.1 Å². The summed E-state index contributed by atoms with van der Waals surface area (Å²) in [7, 11) is 4.52. The van der Waals surface area contributed by atoms with Crippen molar-refractivity contribution in [1.29, 1.82) is 0 Å². The molecular weight excluding hydrogens is 835 g/mol. The Morgan fingerprint density at radius 3 is 2.25 bits per heavy atom. The molecule has 0 aromatic rings. The molecule has 0 aromatic heterocycles. The van der Waals surface area contributed by atoms with Gasteiger partial charge in [0.05, 0.1) is 24.4 Å². The van der Waals surface area contributed by atoms with E-state index in [1.165, 1.54) is 12.0 Å². The average molecular weight is 914 g/mol. The summed E-state index contributed by atoms with van der Waals surface area (Å²) in [5.74, 6) is -7.96. The summed E-state index contributed by atoms with van der Waals surface area (Å²) in [4.78, 5) is 71.8. The van der Waals surface area contributed by atoms with Gasteiger partial charge in [0.1, 0.15) is 30.1 Å². The number of aliphatic hydroxyl groups is 3. The SMILES string of the molecule is CO[C@H]1C[C@@H]2CC[C@@H](C)[C@@](O)(O2)C(=O)C(=O)N2CCCC[C@H]2C(=O)O[C@H]([C@H](C)C[C@H]2CC[C@@H](O)[C@H](OC)C2)CC(=O)[C@H](C)/C=C(\C)[C@@H](O)[C@@H](OC)C(=O)[C@H](C)C[C@H](C)/C=C\C=CC=C1C. The van der Waals surface area contributed by atoms with Gasteiger partial charge in [0.2, 0.25) is 5.79 Å². The third-order valence-corrected chi connectivity index (χ3v) is 14.5. The average Bonchev–Trinajstić information content (AvgIpc) is 3.28. The van der Waals surface area contributed by atoms with Crippen LogP contribution in [0.1, 0.15) is 126 Å². The second-order valence-corrected chi connectivity index (χ2v) is 19.6. The fourth-order valence-corrected chi connectivity index (χ4v) is 10.1. The maximum atomic E-state index is 14.4. The van der Waals surface area contributed by atoms with Crippen molar-refractivity contribution >= 4 is 29.2 Å². The molecule has 3 fully saturated rings. The van der Waals surface area contributed by atoms with E-state index in [1.54, 1.807) is 41.1 Å². The summed E-state index contributed by atoms with van der Waals surface area (Å²) in [6.45, 7) is 12.7. The lowest BCUT2D eigenvalue weighted by Gasteiger charge is -2.42. The van der Waals surface area contributed by atoms with E-state index in [-0.39, 0.29) is 54.8 Å². The number of methoxy groups -OCH3 is 3. The molecule has 14 nitrogen and oxygen atoms in total. The van der Waals surface area contributed by atoms with Crippen LogP contribution in [0.25, 0.3) is 0 Å². The summed E-state index contributed by atoms with van der Waals surface area (Å²) in [5, 5.41) is 33.8. The first-order valence-corrected chi connectivity index (χ1v) is 23.9. The van der Waals surface area contributed by atoms with Crippen LogP contribution in [0.4, 0.5) is 0 Å². The summed E-state index contributed by atoms with van der Waals surface area (Å²) in [6.07, 6.45) is 11.2. The minimum absolute atomic E-state index is 0.0193. The van der Waals surface area contributed by atoms with Crippen LogP contribution in [0.2, 0.25) is 0 Å². The number of hydrogen-bond acceptors (Lipinski definition) is 13. The maximum absolute atomic E-state index is 14.4. The number of fused-ring (bicyclic) bond motifs is 3. The molecule has 1 saturated carbocycles. The molecule has 0 radical (unpaired) electrons. The zero-order valence-corrected chi connectivity index (χ0v) is 40.6. The van der Waals surface area contributed by atoms with E-state index in [4.69, 9.17) is 23.7 Å². The molecule has 0 aromatic carbocycles. The van der Waals surface area contributed by atoms with Gasteiger partial charge in [0.15, 0.2) is 5.78 Å². The summed E-state index contributed by atoms with van der Waals surface area (Å²) < 4.78 is 29.4. The van der Waals surface area contributed by atoms with Crippen LogP contribution in [-0.2, 0) is 47.7 Å². The molecule has 366 valence electrons. The number of rotatable bonds is 6. The first-order valence-electron chi connectivity index (χ1n) is 23.9. The minimum atomic E-state index is -2.43. The second-order valence-electron chi connectivity index (χ2n) is 19.6. The molecule has 65 heavy (non-hydrogen) atoms. The fraction of sp³-hybridized carbons (Fsp3) is 0.745. The van der Waals surface area contributed by atoms with Crippen molar-refractivity contribution in [3.05, 3.63) is 47.6 Å².